The van der Waals surface area contributed by atoms with Crippen molar-refractivity contribution in [3.8, 4) is 5.75 Å². The van der Waals surface area contributed by atoms with Gasteiger partial charge in [-0.1, -0.05) is 23.7 Å². The predicted octanol–water partition coefficient (Wildman–Crippen LogP) is 2.66. The molecule has 3 heterocycles. The topological polar surface area (TPSA) is 97.6 Å². The number of ketones is 1. The number of rotatable bonds is 3. The molecule has 9 heteroatoms. The summed E-state index contributed by atoms with van der Waals surface area (Å²) < 4.78 is 21.2. The van der Waals surface area contributed by atoms with Crippen LogP contribution < -0.4 is 10.7 Å². The minimum absolute atomic E-state index is 0.0812. The van der Waals surface area contributed by atoms with Crippen LogP contribution in [0.2, 0.25) is 5.02 Å². The molecule has 2 N–H and O–H groups in total. The molecule has 2 aliphatic rings. The van der Waals surface area contributed by atoms with Crippen molar-refractivity contribution >= 4 is 23.3 Å². The lowest BCUT2D eigenvalue weighted by molar-refractivity contribution is -0.0740. The maximum Gasteiger partial charge on any atom is 0.257 e. The summed E-state index contributed by atoms with van der Waals surface area (Å²) in [7, 11) is 0. The van der Waals surface area contributed by atoms with Crippen molar-refractivity contribution in [1.29, 1.82) is 0 Å². The zero-order valence-corrected chi connectivity index (χ0v) is 17.0. The molecular weight excluding hydrogens is 415 g/mol. The normalized spacial score (nSPS) is 22.9. The first kappa shape index (κ1) is 20.6. The molecule has 0 saturated carbocycles. The van der Waals surface area contributed by atoms with Gasteiger partial charge in [-0.05, 0) is 25.8 Å². The number of benzene rings is 1. The summed E-state index contributed by atoms with van der Waals surface area (Å²) in [5, 5.41) is 12.8. The molecule has 0 radical (unpaired) electrons. The first-order chi connectivity index (χ1) is 14.2. The highest BCUT2D eigenvalue weighted by atomic mass is 35.5. The van der Waals surface area contributed by atoms with Gasteiger partial charge in [0, 0.05) is 24.9 Å². The van der Waals surface area contributed by atoms with Crippen LogP contribution in [0.25, 0.3) is 0 Å². The summed E-state index contributed by atoms with van der Waals surface area (Å²) in [5.41, 5.74) is -2.07. The Morgan fingerprint density at radius 3 is 2.97 bits per heavy atom. The summed E-state index contributed by atoms with van der Waals surface area (Å²) >= 11 is 5.73. The van der Waals surface area contributed by atoms with Crippen molar-refractivity contribution in [2.75, 3.05) is 6.61 Å². The van der Waals surface area contributed by atoms with Crippen LogP contribution in [0.1, 0.15) is 46.2 Å². The molecular formula is C21H20ClFN2O5. The summed E-state index contributed by atoms with van der Waals surface area (Å²) in [4.78, 5) is 38.3. The Hall–Kier alpha value is -2.71. The largest absolute Gasteiger partial charge is 0.503 e. The summed E-state index contributed by atoms with van der Waals surface area (Å²) in [6.07, 6.45) is 2.14. The monoisotopic (exact) mass is 434 g/mol. The number of Topliss-reactive ketones (excluding diaryl/α,β-unsaturated/α-hetero) is 1. The molecule has 1 aromatic heterocycles. The van der Waals surface area contributed by atoms with E-state index < -0.39 is 34.4 Å². The number of ether oxygens (including phenoxy) is 1. The summed E-state index contributed by atoms with van der Waals surface area (Å²) in [6.45, 7) is 2.32. The van der Waals surface area contributed by atoms with Crippen molar-refractivity contribution in [3.05, 3.63) is 62.3 Å². The van der Waals surface area contributed by atoms with Gasteiger partial charge in [-0.15, -0.1) is 0 Å². The van der Waals surface area contributed by atoms with Crippen LogP contribution in [0.4, 0.5) is 4.39 Å². The third-order valence-corrected chi connectivity index (χ3v) is 6.23. The van der Waals surface area contributed by atoms with Gasteiger partial charge in [-0.25, -0.2) is 4.39 Å². The van der Waals surface area contributed by atoms with E-state index in [2.05, 4.69) is 5.32 Å². The number of fused-ring (bicyclic) bond motifs is 2. The quantitative estimate of drug-likeness (QED) is 0.774. The van der Waals surface area contributed by atoms with E-state index in [-0.39, 0.29) is 40.7 Å². The predicted molar refractivity (Wildman–Crippen MR) is 106 cm³/mol. The van der Waals surface area contributed by atoms with Crippen molar-refractivity contribution in [1.82, 2.24) is 9.88 Å². The molecule has 2 atom stereocenters. The lowest BCUT2D eigenvalue weighted by Gasteiger charge is -2.44. The number of aromatic nitrogens is 1. The van der Waals surface area contributed by atoms with Crippen LogP contribution in [-0.4, -0.2) is 34.1 Å². The number of nitrogens with zero attached hydrogens (tertiary/aromatic N) is 1. The van der Waals surface area contributed by atoms with Crippen LogP contribution in [0, 0.1) is 11.2 Å². The zero-order valence-electron chi connectivity index (χ0n) is 16.2. The highest BCUT2D eigenvalue weighted by Crippen LogP contribution is 2.42. The van der Waals surface area contributed by atoms with Crippen molar-refractivity contribution in [2.24, 2.45) is 5.41 Å². The highest BCUT2D eigenvalue weighted by Gasteiger charge is 2.49. The molecule has 4 rings (SSSR count). The van der Waals surface area contributed by atoms with Gasteiger partial charge < -0.3 is 19.7 Å². The van der Waals surface area contributed by atoms with E-state index in [0.29, 0.717) is 19.4 Å². The minimum Gasteiger partial charge on any atom is -0.503 e. The Balaban J connectivity index is 1.65. The number of nitrogens with one attached hydrogen (secondary N) is 1. The second-order valence-electron chi connectivity index (χ2n) is 7.83. The number of halogens is 2. The number of pyridine rings is 1. The molecule has 0 aliphatic carbocycles. The van der Waals surface area contributed by atoms with Crippen LogP contribution in [0.15, 0.2) is 29.2 Å². The molecule has 1 saturated heterocycles. The van der Waals surface area contributed by atoms with Crippen LogP contribution in [-0.2, 0) is 17.8 Å². The summed E-state index contributed by atoms with van der Waals surface area (Å²) in [5.74, 6) is -2.59. The van der Waals surface area contributed by atoms with Gasteiger partial charge in [-0.3, -0.25) is 14.4 Å². The molecule has 1 amide bonds. The summed E-state index contributed by atoms with van der Waals surface area (Å²) in [6, 6.07) is 4.38. The zero-order chi connectivity index (χ0) is 21.6. The van der Waals surface area contributed by atoms with Gasteiger partial charge in [0.05, 0.1) is 23.1 Å². The SMILES string of the molecule is CC12CCCOC1Cn1cc(C(=O)NCc3cccc(Cl)c3F)c(=O)c(O)c1C2=O. The second kappa shape index (κ2) is 7.52. The van der Waals surface area contributed by atoms with E-state index in [1.807, 2.05) is 0 Å². The number of carbonyl (C=O) groups excluding carboxylic acids is 2. The van der Waals surface area contributed by atoms with Crippen molar-refractivity contribution in [2.45, 2.75) is 39.0 Å². The molecule has 158 valence electrons. The Morgan fingerprint density at radius 2 is 2.20 bits per heavy atom. The van der Waals surface area contributed by atoms with Crippen LogP contribution >= 0.6 is 11.6 Å². The van der Waals surface area contributed by atoms with Gasteiger partial charge in [0.2, 0.25) is 5.43 Å². The average molecular weight is 435 g/mol. The van der Waals surface area contributed by atoms with Gasteiger partial charge in [0.15, 0.2) is 11.5 Å². The number of carbonyl (C=O) groups is 2. The Kier molecular flexibility index (Phi) is 5.15. The number of hydrogen-bond acceptors (Lipinski definition) is 5. The molecule has 30 heavy (non-hydrogen) atoms. The molecule has 1 fully saturated rings. The van der Waals surface area contributed by atoms with Gasteiger partial charge in [0.25, 0.3) is 5.91 Å². The molecule has 1 aromatic carbocycles. The molecule has 0 spiro atoms. The van der Waals surface area contributed by atoms with Crippen LogP contribution in [0.3, 0.4) is 0 Å². The fraction of sp³-hybridized carbons (Fsp3) is 0.381. The average Bonchev–Trinajstić information content (AvgIpc) is 2.72. The third kappa shape index (κ3) is 3.20. The highest BCUT2D eigenvalue weighted by molar-refractivity contribution is 6.30. The number of amides is 1. The number of hydrogen-bond donors (Lipinski definition) is 2. The van der Waals surface area contributed by atoms with Crippen LogP contribution in [0.5, 0.6) is 5.75 Å². The molecule has 7 nitrogen and oxygen atoms in total. The Morgan fingerprint density at radius 1 is 1.43 bits per heavy atom. The maximum absolute atomic E-state index is 14.0. The molecule has 2 aromatic rings. The minimum atomic E-state index is -0.947. The van der Waals surface area contributed by atoms with E-state index in [9.17, 15) is 23.9 Å². The smallest absolute Gasteiger partial charge is 0.257 e. The number of aromatic hydroxyl groups is 1. The van der Waals surface area contributed by atoms with E-state index in [0.717, 1.165) is 0 Å². The van der Waals surface area contributed by atoms with Gasteiger partial charge >= 0.3 is 0 Å². The molecule has 2 unspecified atom stereocenters. The lowest BCUT2D eigenvalue weighted by atomic mass is 9.71. The van der Waals surface area contributed by atoms with Gasteiger partial charge in [-0.2, -0.15) is 0 Å². The van der Waals surface area contributed by atoms with E-state index >= 15 is 0 Å². The standard InChI is InChI=1S/C21H20ClFN2O5/c1-21-6-3-7-30-14(21)10-25-9-12(17(26)18(27)16(25)19(21)28)20(29)24-8-11-4-2-5-13(22)15(11)23/h2,4-5,9,14,27H,3,6-8,10H2,1H3,(H,24,29). The van der Waals surface area contributed by atoms with Crippen molar-refractivity contribution in [3.63, 3.8) is 0 Å². The lowest BCUT2D eigenvalue weighted by Crippen LogP contribution is -2.52. The van der Waals surface area contributed by atoms with E-state index in [4.69, 9.17) is 16.3 Å². The maximum atomic E-state index is 14.0. The van der Waals surface area contributed by atoms with E-state index in [1.54, 1.807) is 13.0 Å². The van der Waals surface area contributed by atoms with E-state index in [1.165, 1.54) is 22.9 Å². The third-order valence-electron chi connectivity index (χ3n) is 5.94. The molecule has 0 bridgehead atoms. The van der Waals surface area contributed by atoms with Gasteiger partial charge in [0.1, 0.15) is 17.1 Å². The second-order valence-corrected chi connectivity index (χ2v) is 8.23. The fourth-order valence-corrected chi connectivity index (χ4v) is 4.32. The van der Waals surface area contributed by atoms with Crippen molar-refractivity contribution < 1.29 is 23.8 Å². The Bertz CT molecular complexity index is 1120. The molecule has 2 aliphatic heterocycles. The Labute approximate surface area is 176 Å². The fourth-order valence-electron chi connectivity index (χ4n) is 4.12. The first-order valence-electron chi connectivity index (χ1n) is 9.58. The first-order valence-corrected chi connectivity index (χ1v) is 9.95.